The Hall–Kier alpha value is -2.35. The average molecular weight is 275 g/mol. The van der Waals surface area contributed by atoms with Crippen LogP contribution in [0, 0.1) is 0 Å². The van der Waals surface area contributed by atoms with Crippen molar-refractivity contribution in [2.75, 3.05) is 16.4 Å². The lowest BCUT2D eigenvalue weighted by Crippen LogP contribution is -2.20. The van der Waals surface area contributed by atoms with Gasteiger partial charge in [-0.1, -0.05) is 0 Å². The Balaban J connectivity index is 1.83. The number of rotatable bonds is 2. The number of carbonyl (C=O) groups excluding carboxylic acids is 2. The first-order chi connectivity index (χ1) is 9.22. The Morgan fingerprint density at radius 3 is 3.11 bits per heavy atom. The highest BCUT2D eigenvalue weighted by atomic mass is 32.2. The second-order valence-corrected chi connectivity index (χ2v) is 4.85. The van der Waals surface area contributed by atoms with Crippen molar-refractivity contribution in [2.24, 2.45) is 0 Å². The van der Waals surface area contributed by atoms with Crippen LogP contribution in [0.15, 0.2) is 29.4 Å². The Kier molecular flexibility index (Phi) is 2.92. The molecule has 3 N–H and O–H groups in total. The van der Waals surface area contributed by atoms with E-state index in [1.165, 1.54) is 18.1 Å². The van der Waals surface area contributed by atoms with Gasteiger partial charge in [0.2, 0.25) is 11.9 Å². The summed E-state index contributed by atoms with van der Waals surface area (Å²) in [5.41, 5.74) is 1.10. The normalized spacial score (nSPS) is 13.6. The number of nitrogens with zero attached hydrogens (tertiary/aromatic N) is 2. The molecule has 1 aliphatic rings. The maximum Gasteiger partial charge on any atom is 0.258 e. The molecule has 2 aromatic rings. The van der Waals surface area contributed by atoms with E-state index in [2.05, 4.69) is 25.8 Å². The van der Waals surface area contributed by atoms with Crippen LogP contribution in [0.4, 0.5) is 11.6 Å². The van der Waals surface area contributed by atoms with E-state index in [-0.39, 0.29) is 17.8 Å². The van der Waals surface area contributed by atoms with Crippen LogP contribution >= 0.6 is 11.8 Å². The smallest absolute Gasteiger partial charge is 0.258 e. The second kappa shape index (κ2) is 4.73. The van der Waals surface area contributed by atoms with Crippen molar-refractivity contribution in [2.45, 2.75) is 4.90 Å². The zero-order valence-corrected chi connectivity index (χ0v) is 10.5. The molecule has 0 spiro atoms. The van der Waals surface area contributed by atoms with Gasteiger partial charge in [-0.25, -0.2) is 5.10 Å². The molecular formula is C11H9N5O2S. The summed E-state index contributed by atoms with van der Waals surface area (Å²) in [4.78, 5) is 28.0. The Bertz CT molecular complexity index is 641. The van der Waals surface area contributed by atoms with Crippen LogP contribution in [-0.4, -0.2) is 32.7 Å². The minimum Gasteiger partial charge on any atom is -0.324 e. The molecule has 19 heavy (non-hydrogen) atoms. The Morgan fingerprint density at radius 2 is 2.32 bits per heavy atom. The molecule has 0 unspecified atom stereocenters. The van der Waals surface area contributed by atoms with Gasteiger partial charge >= 0.3 is 0 Å². The lowest BCUT2D eigenvalue weighted by molar-refractivity contribution is -0.113. The second-order valence-electron chi connectivity index (χ2n) is 3.84. The van der Waals surface area contributed by atoms with Crippen LogP contribution in [-0.2, 0) is 4.79 Å². The molecule has 0 radical (unpaired) electrons. The van der Waals surface area contributed by atoms with Gasteiger partial charge < -0.3 is 5.32 Å². The molecule has 1 aromatic heterocycles. The lowest BCUT2D eigenvalue weighted by atomic mass is 10.2. The summed E-state index contributed by atoms with van der Waals surface area (Å²) in [6, 6.07) is 5.16. The number of amides is 2. The molecule has 0 aliphatic carbocycles. The SMILES string of the molecule is O=C1CSc2ccc(C(=O)Nc3ncn[nH]3)cc2N1. The summed E-state index contributed by atoms with van der Waals surface area (Å²) >= 11 is 1.45. The summed E-state index contributed by atoms with van der Waals surface area (Å²) in [7, 11) is 0. The third kappa shape index (κ3) is 2.43. The number of carbonyl (C=O) groups is 2. The first-order valence-electron chi connectivity index (χ1n) is 5.46. The van der Waals surface area contributed by atoms with Gasteiger partial charge in [-0.3, -0.25) is 14.9 Å². The molecular weight excluding hydrogens is 266 g/mol. The molecule has 96 valence electrons. The highest BCUT2D eigenvalue weighted by molar-refractivity contribution is 8.00. The molecule has 0 saturated heterocycles. The largest absolute Gasteiger partial charge is 0.324 e. The van der Waals surface area contributed by atoms with E-state index in [4.69, 9.17) is 0 Å². The van der Waals surface area contributed by atoms with Gasteiger partial charge in [-0.15, -0.1) is 11.8 Å². The first kappa shape index (κ1) is 11.7. The number of fused-ring (bicyclic) bond motifs is 1. The van der Waals surface area contributed by atoms with E-state index in [1.807, 2.05) is 6.07 Å². The van der Waals surface area contributed by atoms with E-state index in [9.17, 15) is 9.59 Å². The molecule has 8 heteroatoms. The van der Waals surface area contributed by atoms with Crippen molar-refractivity contribution in [1.82, 2.24) is 15.2 Å². The fraction of sp³-hybridized carbons (Fsp3) is 0.0909. The van der Waals surface area contributed by atoms with Crippen molar-refractivity contribution in [3.8, 4) is 0 Å². The van der Waals surface area contributed by atoms with Crippen LogP contribution < -0.4 is 10.6 Å². The van der Waals surface area contributed by atoms with Crippen molar-refractivity contribution < 1.29 is 9.59 Å². The molecule has 0 fully saturated rings. The van der Waals surface area contributed by atoms with Gasteiger partial charge in [0.1, 0.15) is 6.33 Å². The van der Waals surface area contributed by atoms with Crippen molar-refractivity contribution in [3.05, 3.63) is 30.1 Å². The predicted octanol–water partition coefficient (Wildman–Crippen LogP) is 1.10. The summed E-state index contributed by atoms with van der Waals surface area (Å²) in [5.74, 6) is 0.298. The zero-order valence-electron chi connectivity index (χ0n) is 9.64. The third-order valence-electron chi connectivity index (χ3n) is 2.52. The van der Waals surface area contributed by atoms with E-state index < -0.39 is 0 Å². The van der Waals surface area contributed by atoms with Crippen LogP contribution in [0.3, 0.4) is 0 Å². The van der Waals surface area contributed by atoms with Crippen LogP contribution in [0.5, 0.6) is 0 Å². The average Bonchev–Trinajstić information content (AvgIpc) is 2.90. The Morgan fingerprint density at radius 1 is 1.42 bits per heavy atom. The van der Waals surface area contributed by atoms with E-state index in [0.29, 0.717) is 17.0 Å². The minimum absolute atomic E-state index is 0.0645. The van der Waals surface area contributed by atoms with Crippen molar-refractivity contribution in [3.63, 3.8) is 0 Å². The monoisotopic (exact) mass is 275 g/mol. The minimum atomic E-state index is -0.315. The molecule has 0 saturated carbocycles. The fourth-order valence-electron chi connectivity index (χ4n) is 1.67. The van der Waals surface area contributed by atoms with E-state index >= 15 is 0 Å². The molecule has 0 bridgehead atoms. The number of aromatic nitrogens is 3. The van der Waals surface area contributed by atoms with Gasteiger partial charge in [0.05, 0.1) is 11.4 Å². The van der Waals surface area contributed by atoms with Gasteiger partial charge in [0, 0.05) is 10.5 Å². The van der Waals surface area contributed by atoms with Gasteiger partial charge in [0.25, 0.3) is 5.91 Å². The highest BCUT2D eigenvalue weighted by Gasteiger charge is 2.17. The summed E-state index contributed by atoms with van der Waals surface area (Å²) in [5, 5.41) is 11.5. The number of hydrogen-bond donors (Lipinski definition) is 3. The van der Waals surface area contributed by atoms with Gasteiger partial charge in [-0.2, -0.15) is 10.1 Å². The van der Waals surface area contributed by atoms with Crippen LogP contribution in [0.1, 0.15) is 10.4 Å². The number of H-pyrrole nitrogens is 1. The number of nitrogens with one attached hydrogen (secondary N) is 3. The maximum atomic E-state index is 12.0. The predicted molar refractivity (Wildman–Crippen MR) is 70.1 cm³/mol. The van der Waals surface area contributed by atoms with Crippen LogP contribution in [0.25, 0.3) is 0 Å². The number of aromatic amines is 1. The number of hydrogen-bond acceptors (Lipinski definition) is 5. The van der Waals surface area contributed by atoms with Gasteiger partial charge in [0.15, 0.2) is 0 Å². The lowest BCUT2D eigenvalue weighted by Gasteiger charge is -2.16. The molecule has 2 heterocycles. The molecule has 2 amide bonds. The third-order valence-corrected chi connectivity index (χ3v) is 3.60. The molecule has 1 aromatic carbocycles. The van der Waals surface area contributed by atoms with Crippen molar-refractivity contribution in [1.29, 1.82) is 0 Å². The number of benzene rings is 1. The maximum absolute atomic E-state index is 12.0. The summed E-state index contributed by atoms with van der Waals surface area (Å²) in [6.07, 6.45) is 1.30. The fourth-order valence-corrected chi connectivity index (χ4v) is 2.46. The van der Waals surface area contributed by atoms with Crippen molar-refractivity contribution >= 4 is 35.2 Å². The van der Waals surface area contributed by atoms with Gasteiger partial charge in [-0.05, 0) is 18.2 Å². The summed E-state index contributed by atoms with van der Waals surface area (Å²) in [6.45, 7) is 0. The molecule has 0 atom stereocenters. The molecule has 3 rings (SSSR count). The molecule has 7 nitrogen and oxygen atoms in total. The summed E-state index contributed by atoms with van der Waals surface area (Å²) < 4.78 is 0. The number of thioether (sulfide) groups is 1. The standard InChI is InChI=1S/C11H9N5O2S/c17-9-4-19-8-2-1-6(3-7(8)14-9)10(18)15-11-12-5-13-16-11/h1-3,5H,4H2,(H,14,17)(H2,12,13,15,16,18). The quantitative estimate of drug-likeness (QED) is 0.762. The number of anilines is 2. The topological polar surface area (TPSA) is 99.8 Å². The molecule has 1 aliphatic heterocycles. The van der Waals surface area contributed by atoms with E-state index in [1.54, 1.807) is 12.1 Å². The zero-order chi connectivity index (χ0) is 13.2. The van der Waals surface area contributed by atoms with Crippen LogP contribution in [0.2, 0.25) is 0 Å². The van der Waals surface area contributed by atoms with E-state index in [0.717, 1.165) is 4.90 Å². The highest BCUT2D eigenvalue weighted by Crippen LogP contribution is 2.32. The Labute approximate surface area is 112 Å². The first-order valence-corrected chi connectivity index (χ1v) is 6.44.